The molecule has 4 heteroatoms. The van der Waals surface area contributed by atoms with Crippen LogP contribution in [0.4, 0.5) is 10.5 Å². The number of amides is 1. The zero-order chi connectivity index (χ0) is 15.6. The molecule has 0 saturated heterocycles. The van der Waals surface area contributed by atoms with Gasteiger partial charge in [0.05, 0.1) is 0 Å². The molecule has 0 aliphatic carbocycles. The number of carbonyl (C=O) groups is 1. The molecule has 0 aliphatic heterocycles. The molecule has 0 aromatic heterocycles. The van der Waals surface area contributed by atoms with Crippen LogP contribution in [0.15, 0.2) is 54.6 Å². The Morgan fingerprint density at radius 2 is 1.73 bits per heavy atom. The lowest BCUT2D eigenvalue weighted by molar-refractivity contribution is 0.138. The highest BCUT2D eigenvalue weighted by Crippen LogP contribution is 2.13. The van der Waals surface area contributed by atoms with Crippen molar-refractivity contribution in [1.29, 1.82) is 0 Å². The van der Waals surface area contributed by atoms with Gasteiger partial charge in [0.2, 0.25) is 0 Å². The number of para-hydroxylation sites is 1. The van der Waals surface area contributed by atoms with Crippen LogP contribution in [0.5, 0.6) is 5.75 Å². The molecular weight excluding hydrogens is 278 g/mol. The standard InChI is InChI=1S/C18H21NO3/c1-2-6-15-9-11-17(12-10-15)21-13-14-22-18(20)19-16-7-4-3-5-8-16/h3-5,7-12H,2,6,13-14H2,1H3,(H,19,20). The molecule has 22 heavy (non-hydrogen) atoms. The summed E-state index contributed by atoms with van der Waals surface area (Å²) in [5.74, 6) is 0.784. The van der Waals surface area contributed by atoms with Crippen molar-refractivity contribution in [2.45, 2.75) is 19.8 Å². The molecule has 0 unspecified atom stereocenters. The molecule has 2 rings (SSSR count). The van der Waals surface area contributed by atoms with E-state index in [9.17, 15) is 4.79 Å². The Balaban J connectivity index is 1.65. The summed E-state index contributed by atoms with van der Waals surface area (Å²) in [6, 6.07) is 17.2. The van der Waals surface area contributed by atoms with Crippen LogP contribution in [0.2, 0.25) is 0 Å². The molecule has 0 bridgehead atoms. The van der Waals surface area contributed by atoms with Crippen LogP contribution < -0.4 is 10.1 Å². The van der Waals surface area contributed by atoms with E-state index in [2.05, 4.69) is 24.4 Å². The maximum atomic E-state index is 11.6. The van der Waals surface area contributed by atoms with E-state index in [1.165, 1.54) is 5.56 Å². The predicted octanol–water partition coefficient (Wildman–Crippen LogP) is 4.27. The van der Waals surface area contributed by atoms with Crippen molar-refractivity contribution in [2.24, 2.45) is 0 Å². The molecule has 0 aliphatic rings. The lowest BCUT2D eigenvalue weighted by Gasteiger charge is -2.09. The van der Waals surface area contributed by atoms with E-state index in [-0.39, 0.29) is 6.61 Å². The summed E-state index contributed by atoms with van der Waals surface area (Å²) in [5, 5.41) is 2.65. The van der Waals surface area contributed by atoms with Crippen LogP contribution in [0.3, 0.4) is 0 Å². The molecule has 4 nitrogen and oxygen atoms in total. The normalized spacial score (nSPS) is 10.0. The average Bonchev–Trinajstić information content (AvgIpc) is 2.54. The van der Waals surface area contributed by atoms with Gasteiger partial charge in [-0.25, -0.2) is 4.79 Å². The lowest BCUT2D eigenvalue weighted by atomic mass is 10.1. The smallest absolute Gasteiger partial charge is 0.411 e. The van der Waals surface area contributed by atoms with Gasteiger partial charge >= 0.3 is 6.09 Å². The van der Waals surface area contributed by atoms with Crippen molar-refractivity contribution in [2.75, 3.05) is 18.5 Å². The molecule has 0 heterocycles. The molecule has 1 N–H and O–H groups in total. The monoisotopic (exact) mass is 299 g/mol. The first-order valence-corrected chi connectivity index (χ1v) is 7.48. The van der Waals surface area contributed by atoms with Gasteiger partial charge in [-0.15, -0.1) is 0 Å². The molecule has 116 valence electrons. The van der Waals surface area contributed by atoms with Crippen LogP contribution in [0.1, 0.15) is 18.9 Å². The number of carbonyl (C=O) groups excluding carboxylic acids is 1. The number of rotatable bonds is 7. The molecule has 0 radical (unpaired) electrons. The second-order valence-corrected chi connectivity index (χ2v) is 4.87. The molecule has 1 amide bonds. The Bertz CT molecular complexity index is 567. The number of benzene rings is 2. The van der Waals surface area contributed by atoms with Crippen molar-refractivity contribution < 1.29 is 14.3 Å². The number of ether oxygens (including phenoxy) is 2. The van der Waals surface area contributed by atoms with Gasteiger partial charge in [0.1, 0.15) is 19.0 Å². The van der Waals surface area contributed by atoms with Crippen LogP contribution in [-0.4, -0.2) is 19.3 Å². The first-order chi connectivity index (χ1) is 10.8. The van der Waals surface area contributed by atoms with E-state index in [1.807, 2.05) is 30.3 Å². The third-order valence-electron chi connectivity index (χ3n) is 3.07. The van der Waals surface area contributed by atoms with E-state index >= 15 is 0 Å². The zero-order valence-corrected chi connectivity index (χ0v) is 12.7. The fourth-order valence-corrected chi connectivity index (χ4v) is 2.01. The van der Waals surface area contributed by atoms with E-state index in [0.29, 0.717) is 12.3 Å². The fraction of sp³-hybridized carbons (Fsp3) is 0.278. The zero-order valence-electron chi connectivity index (χ0n) is 12.7. The van der Waals surface area contributed by atoms with Crippen LogP contribution in [0.25, 0.3) is 0 Å². The van der Waals surface area contributed by atoms with Crippen LogP contribution in [-0.2, 0) is 11.2 Å². The number of hydrogen-bond donors (Lipinski definition) is 1. The Kier molecular flexibility index (Phi) is 6.30. The summed E-state index contributed by atoms with van der Waals surface area (Å²) in [7, 11) is 0. The largest absolute Gasteiger partial charge is 0.490 e. The maximum Gasteiger partial charge on any atom is 0.411 e. The second-order valence-electron chi connectivity index (χ2n) is 4.87. The molecule has 0 spiro atoms. The van der Waals surface area contributed by atoms with Crippen molar-refractivity contribution in [1.82, 2.24) is 0 Å². The Hall–Kier alpha value is -2.49. The highest BCUT2D eigenvalue weighted by molar-refractivity contribution is 5.84. The number of nitrogens with one attached hydrogen (secondary N) is 1. The van der Waals surface area contributed by atoms with Crippen molar-refractivity contribution in [3.05, 3.63) is 60.2 Å². The maximum absolute atomic E-state index is 11.6. The topological polar surface area (TPSA) is 47.6 Å². The minimum Gasteiger partial charge on any atom is -0.490 e. The third kappa shape index (κ3) is 5.48. The number of aryl methyl sites for hydroxylation is 1. The number of hydrogen-bond acceptors (Lipinski definition) is 3. The molecule has 0 fully saturated rings. The van der Waals surface area contributed by atoms with E-state index in [1.54, 1.807) is 12.1 Å². The summed E-state index contributed by atoms with van der Waals surface area (Å²) in [4.78, 5) is 11.6. The SMILES string of the molecule is CCCc1ccc(OCCOC(=O)Nc2ccccc2)cc1. The van der Waals surface area contributed by atoms with Crippen molar-refractivity contribution >= 4 is 11.8 Å². The van der Waals surface area contributed by atoms with Gasteiger partial charge in [-0.3, -0.25) is 5.32 Å². The fourth-order valence-electron chi connectivity index (χ4n) is 2.01. The molecule has 2 aromatic carbocycles. The highest BCUT2D eigenvalue weighted by Gasteiger charge is 2.02. The van der Waals surface area contributed by atoms with E-state index < -0.39 is 6.09 Å². The van der Waals surface area contributed by atoms with Crippen LogP contribution >= 0.6 is 0 Å². The molecule has 0 saturated carbocycles. The molecular formula is C18H21NO3. The van der Waals surface area contributed by atoms with Gasteiger partial charge < -0.3 is 9.47 Å². The van der Waals surface area contributed by atoms with Gasteiger partial charge in [-0.2, -0.15) is 0 Å². The molecule has 0 atom stereocenters. The summed E-state index contributed by atoms with van der Waals surface area (Å²) >= 11 is 0. The summed E-state index contributed by atoms with van der Waals surface area (Å²) in [6.07, 6.45) is 1.72. The predicted molar refractivity (Wildman–Crippen MR) is 87.3 cm³/mol. The van der Waals surface area contributed by atoms with Gasteiger partial charge in [0.15, 0.2) is 0 Å². The second kappa shape index (κ2) is 8.72. The summed E-state index contributed by atoms with van der Waals surface area (Å²) in [6.45, 7) is 2.69. The van der Waals surface area contributed by atoms with Gasteiger partial charge in [0.25, 0.3) is 0 Å². The average molecular weight is 299 g/mol. The Labute approximate surface area is 131 Å². The van der Waals surface area contributed by atoms with E-state index in [0.717, 1.165) is 18.6 Å². The van der Waals surface area contributed by atoms with Crippen molar-refractivity contribution in [3.8, 4) is 5.75 Å². The first-order valence-electron chi connectivity index (χ1n) is 7.48. The summed E-state index contributed by atoms with van der Waals surface area (Å²) in [5.41, 5.74) is 2.01. The lowest BCUT2D eigenvalue weighted by Crippen LogP contribution is -2.17. The third-order valence-corrected chi connectivity index (χ3v) is 3.07. The van der Waals surface area contributed by atoms with Gasteiger partial charge in [-0.1, -0.05) is 43.7 Å². The van der Waals surface area contributed by atoms with Crippen molar-refractivity contribution in [3.63, 3.8) is 0 Å². The van der Waals surface area contributed by atoms with Gasteiger partial charge in [-0.05, 0) is 36.2 Å². The van der Waals surface area contributed by atoms with Gasteiger partial charge in [0, 0.05) is 5.69 Å². The summed E-state index contributed by atoms with van der Waals surface area (Å²) < 4.78 is 10.6. The quantitative estimate of drug-likeness (QED) is 0.777. The Morgan fingerprint density at radius 3 is 2.41 bits per heavy atom. The highest BCUT2D eigenvalue weighted by atomic mass is 16.6. The first kappa shape index (κ1) is 15.9. The van der Waals surface area contributed by atoms with Crippen LogP contribution in [0, 0.1) is 0 Å². The Morgan fingerprint density at radius 1 is 1.00 bits per heavy atom. The number of anilines is 1. The minimum absolute atomic E-state index is 0.204. The molecule has 2 aromatic rings. The minimum atomic E-state index is -0.479. The van der Waals surface area contributed by atoms with E-state index in [4.69, 9.17) is 9.47 Å².